The summed E-state index contributed by atoms with van der Waals surface area (Å²) in [5.74, 6) is 0.482. The quantitative estimate of drug-likeness (QED) is 0.416. The summed E-state index contributed by atoms with van der Waals surface area (Å²) in [7, 11) is 0. The zero-order valence-electron chi connectivity index (χ0n) is 18.4. The maximum absolute atomic E-state index is 12.8. The highest BCUT2D eigenvalue weighted by Crippen LogP contribution is 2.43. The summed E-state index contributed by atoms with van der Waals surface area (Å²) >= 11 is 3.57. The van der Waals surface area contributed by atoms with Crippen LogP contribution in [0, 0.1) is 20.8 Å². The van der Waals surface area contributed by atoms with Crippen LogP contribution in [0.2, 0.25) is 0 Å². The molecule has 0 aliphatic heterocycles. The van der Waals surface area contributed by atoms with Gasteiger partial charge >= 0.3 is 0 Å². The van der Waals surface area contributed by atoms with Gasteiger partial charge in [0, 0.05) is 17.3 Å². The Balaban J connectivity index is 1.32. The summed E-state index contributed by atoms with van der Waals surface area (Å²) in [6.45, 7) is 6.77. The number of anilines is 1. The smallest absolute Gasteiger partial charge is 0.246 e. The largest absolute Gasteiger partial charge is 0.324 e. The Morgan fingerprint density at radius 2 is 1.91 bits per heavy atom. The van der Waals surface area contributed by atoms with Crippen molar-refractivity contribution >= 4 is 38.6 Å². The summed E-state index contributed by atoms with van der Waals surface area (Å²) in [5.41, 5.74) is 6.89. The number of rotatable bonds is 6. The summed E-state index contributed by atoms with van der Waals surface area (Å²) in [4.78, 5) is 17.3. The van der Waals surface area contributed by atoms with E-state index in [9.17, 15) is 4.79 Å². The molecular weight excluding hydrogens is 468 g/mol. The van der Waals surface area contributed by atoms with E-state index in [4.69, 9.17) is 0 Å². The molecule has 7 nitrogen and oxygen atoms in total. The van der Waals surface area contributed by atoms with Gasteiger partial charge in [0.15, 0.2) is 5.65 Å². The summed E-state index contributed by atoms with van der Waals surface area (Å²) in [5, 5.41) is 13.3. The molecule has 1 fully saturated rings. The Morgan fingerprint density at radius 3 is 2.62 bits per heavy atom. The highest BCUT2D eigenvalue weighted by Gasteiger charge is 2.27. The van der Waals surface area contributed by atoms with E-state index >= 15 is 0 Å². The fourth-order valence-corrected chi connectivity index (χ4v) is 4.52. The van der Waals surface area contributed by atoms with Crippen molar-refractivity contribution in [3.8, 4) is 0 Å². The Hall–Kier alpha value is -3.00. The third-order valence-corrected chi connectivity index (χ3v) is 7.13. The first-order chi connectivity index (χ1) is 15.4. The van der Waals surface area contributed by atoms with Crippen molar-refractivity contribution in [3.63, 3.8) is 0 Å². The van der Waals surface area contributed by atoms with Crippen molar-refractivity contribution in [2.24, 2.45) is 0 Å². The van der Waals surface area contributed by atoms with Gasteiger partial charge in [-0.25, -0.2) is 9.67 Å². The molecule has 0 radical (unpaired) electrons. The number of aryl methyl sites for hydroxylation is 2. The van der Waals surface area contributed by atoms with Gasteiger partial charge in [-0.3, -0.25) is 9.48 Å². The number of nitrogens with one attached hydrogen (secondary N) is 1. The number of carbonyl (C=O) groups is 1. The number of hydrogen-bond acceptors (Lipinski definition) is 4. The third kappa shape index (κ3) is 3.95. The summed E-state index contributed by atoms with van der Waals surface area (Å²) < 4.78 is 4.70. The van der Waals surface area contributed by atoms with Crippen LogP contribution in [0.3, 0.4) is 0 Å². The number of halogens is 1. The molecule has 1 aliphatic carbocycles. The van der Waals surface area contributed by atoms with Gasteiger partial charge in [-0.05, 0) is 84.8 Å². The molecule has 8 heteroatoms. The zero-order chi connectivity index (χ0) is 22.4. The van der Waals surface area contributed by atoms with Crippen molar-refractivity contribution in [2.75, 3.05) is 5.32 Å². The minimum atomic E-state index is -0.126. The van der Waals surface area contributed by atoms with Gasteiger partial charge in [0.2, 0.25) is 5.91 Å². The van der Waals surface area contributed by atoms with E-state index in [0.717, 1.165) is 43.8 Å². The molecule has 0 bridgehead atoms. The fourth-order valence-electron chi connectivity index (χ4n) is 4.24. The van der Waals surface area contributed by atoms with E-state index in [1.807, 2.05) is 55.9 Å². The molecule has 1 aromatic carbocycles. The molecule has 3 heterocycles. The van der Waals surface area contributed by atoms with Crippen LogP contribution in [0.15, 0.2) is 41.0 Å². The van der Waals surface area contributed by atoms with Crippen LogP contribution in [0.5, 0.6) is 0 Å². The second-order valence-corrected chi connectivity index (χ2v) is 9.30. The maximum atomic E-state index is 12.8. The van der Waals surface area contributed by atoms with Crippen LogP contribution in [0.1, 0.15) is 47.0 Å². The molecule has 1 saturated carbocycles. The van der Waals surface area contributed by atoms with Crippen LogP contribution >= 0.6 is 15.9 Å². The Morgan fingerprint density at radius 1 is 1.12 bits per heavy atom. The summed E-state index contributed by atoms with van der Waals surface area (Å²) in [6.07, 6.45) is 4.26. The van der Waals surface area contributed by atoms with Crippen molar-refractivity contribution in [2.45, 2.75) is 52.6 Å². The fraction of sp³-hybridized carbons (Fsp3) is 0.333. The lowest BCUT2D eigenvalue weighted by Gasteiger charge is -2.09. The van der Waals surface area contributed by atoms with E-state index < -0.39 is 0 Å². The molecule has 1 aliphatic rings. The van der Waals surface area contributed by atoms with E-state index in [2.05, 4.69) is 42.5 Å². The number of carbonyl (C=O) groups excluding carboxylic acids is 1. The first kappa shape index (κ1) is 20.9. The Labute approximate surface area is 195 Å². The minimum Gasteiger partial charge on any atom is -0.324 e. The van der Waals surface area contributed by atoms with Crippen molar-refractivity contribution < 1.29 is 4.79 Å². The molecule has 0 unspecified atom stereocenters. The monoisotopic (exact) mass is 492 g/mol. The van der Waals surface area contributed by atoms with Crippen molar-refractivity contribution in [1.29, 1.82) is 0 Å². The molecule has 0 spiro atoms. The molecule has 1 amide bonds. The Kier molecular flexibility index (Phi) is 5.33. The maximum Gasteiger partial charge on any atom is 0.246 e. The first-order valence-electron chi connectivity index (χ1n) is 10.8. The second kappa shape index (κ2) is 8.16. The SMILES string of the molecule is Cc1nn(Cc2cccc(NC(=O)Cn3nc(C)c4c(C5CC5)ccnc43)c2)c(C)c1Br. The highest BCUT2D eigenvalue weighted by atomic mass is 79.9. The normalized spacial score (nSPS) is 13.6. The predicted molar refractivity (Wildman–Crippen MR) is 128 cm³/mol. The van der Waals surface area contributed by atoms with Crippen molar-refractivity contribution in [3.05, 3.63) is 69.2 Å². The number of fused-ring (bicyclic) bond motifs is 1. The average molecular weight is 493 g/mol. The van der Waals surface area contributed by atoms with E-state index in [1.54, 1.807) is 4.68 Å². The standard InChI is InChI=1S/C24H25BrN6O/c1-14-22-20(18-7-8-18)9-10-26-24(22)31(28-14)13-21(32)27-19-6-4-5-17(11-19)12-30-16(3)23(25)15(2)29-30/h4-6,9-11,18H,7-8,12-13H2,1-3H3,(H,27,32). The van der Waals surface area contributed by atoms with Gasteiger partial charge in [-0.15, -0.1) is 0 Å². The van der Waals surface area contributed by atoms with E-state index in [0.29, 0.717) is 12.5 Å². The molecular formula is C24H25BrN6O. The van der Waals surface area contributed by atoms with Crippen molar-refractivity contribution in [1.82, 2.24) is 24.5 Å². The van der Waals surface area contributed by atoms with Gasteiger partial charge in [0.1, 0.15) is 6.54 Å². The lowest BCUT2D eigenvalue weighted by atomic mass is 10.1. The van der Waals surface area contributed by atoms with Crippen LogP contribution in [-0.4, -0.2) is 30.5 Å². The molecule has 164 valence electrons. The average Bonchev–Trinajstić information content (AvgIpc) is 3.53. The molecule has 0 saturated heterocycles. The number of pyridine rings is 1. The lowest BCUT2D eigenvalue weighted by molar-refractivity contribution is -0.116. The van der Waals surface area contributed by atoms with Crippen LogP contribution in [-0.2, 0) is 17.9 Å². The van der Waals surface area contributed by atoms with E-state index in [-0.39, 0.29) is 12.5 Å². The number of benzene rings is 1. The van der Waals surface area contributed by atoms with Gasteiger partial charge in [0.25, 0.3) is 0 Å². The molecule has 1 N–H and O–H groups in total. The van der Waals surface area contributed by atoms with Crippen LogP contribution < -0.4 is 5.32 Å². The molecule has 32 heavy (non-hydrogen) atoms. The van der Waals surface area contributed by atoms with Gasteiger partial charge in [-0.2, -0.15) is 10.2 Å². The molecule has 0 atom stereocenters. The molecule has 4 aromatic rings. The predicted octanol–water partition coefficient (Wildman–Crippen LogP) is 4.88. The topological polar surface area (TPSA) is 77.6 Å². The lowest BCUT2D eigenvalue weighted by Crippen LogP contribution is -2.20. The first-order valence-corrected chi connectivity index (χ1v) is 11.6. The third-order valence-electron chi connectivity index (χ3n) is 5.99. The molecule has 3 aromatic heterocycles. The summed E-state index contributed by atoms with van der Waals surface area (Å²) in [6, 6.07) is 9.95. The van der Waals surface area contributed by atoms with Gasteiger partial charge in [0.05, 0.1) is 28.1 Å². The van der Waals surface area contributed by atoms with E-state index in [1.165, 1.54) is 18.4 Å². The highest BCUT2D eigenvalue weighted by molar-refractivity contribution is 9.10. The Bertz CT molecular complexity index is 1330. The van der Waals surface area contributed by atoms with Crippen LogP contribution in [0.4, 0.5) is 5.69 Å². The zero-order valence-corrected chi connectivity index (χ0v) is 20.0. The molecule has 5 rings (SSSR count). The number of hydrogen-bond donors (Lipinski definition) is 1. The number of aromatic nitrogens is 5. The minimum absolute atomic E-state index is 0.125. The van der Waals surface area contributed by atoms with Gasteiger partial charge in [-0.1, -0.05) is 12.1 Å². The number of amides is 1. The second-order valence-electron chi connectivity index (χ2n) is 8.51. The van der Waals surface area contributed by atoms with Gasteiger partial charge < -0.3 is 5.32 Å². The van der Waals surface area contributed by atoms with Crippen LogP contribution in [0.25, 0.3) is 11.0 Å². The number of nitrogens with zero attached hydrogens (tertiary/aromatic N) is 5.